The third-order valence-corrected chi connectivity index (χ3v) is 1.03. The second-order valence-corrected chi connectivity index (χ2v) is 1.86. The molecule has 0 atom stereocenters. The minimum atomic E-state index is -0.0833. The molecule has 0 rings (SSSR count). The Labute approximate surface area is 54.4 Å². The fourth-order valence-electron chi connectivity index (χ4n) is 0.464. The van der Waals surface area contributed by atoms with E-state index < -0.39 is 0 Å². The number of rotatable bonds is 3. The lowest BCUT2D eigenvalue weighted by Crippen LogP contribution is -2.08. The van der Waals surface area contributed by atoms with Gasteiger partial charge in [0.15, 0.2) is 5.78 Å². The molecule has 0 spiro atoms. The molecule has 0 aliphatic rings. The van der Waals surface area contributed by atoms with Crippen LogP contribution in [0.25, 0.3) is 0 Å². The lowest BCUT2D eigenvalue weighted by atomic mass is 10.2. The van der Waals surface area contributed by atoms with Crippen LogP contribution in [0.1, 0.15) is 26.7 Å². The van der Waals surface area contributed by atoms with E-state index in [1.165, 1.54) is 6.92 Å². The zero-order valence-corrected chi connectivity index (χ0v) is 5.72. The first kappa shape index (κ1) is 8.14. The van der Waals surface area contributed by atoms with Crippen LogP contribution in [0.15, 0.2) is 5.16 Å². The zero-order valence-electron chi connectivity index (χ0n) is 5.72. The summed E-state index contributed by atoms with van der Waals surface area (Å²) in [7, 11) is 0. The third kappa shape index (κ3) is 2.85. The van der Waals surface area contributed by atoms with Crippen molar-refractivity contribution in [2.24, 2.45) is 5.16 Å². The monoisotopic (exact) mass is 129 g/mol. The van der Waals surface area contributed by atoms with Gasteiger partial charge in [0.05, 0.1) is 0 Å². The van der Waals surface area contributed by atoms with Gasteiger partial charge in [0.2, 0.25) is 0 Å². The van der Waals surface area contributed by atoms with E-state index in [0.717, 1.165) is 6.42 Å². The van der Waals surface area contributed by atoms with Crippen LogP contribution in [0, 0.1) is 0 Å². The molecule has 0 saturated heterocycles. The molecule has 0 bridgehead atoms. The van der Waals surface area contributed by atoms with Crippen LogP contribution < -0.4 is 0 Å². The summed E-state index contributed by atoms with van der Waals surface area (Å²) in [6.07, 6.45) is 1.27. The predicted molar refractivity (Wildman–Crippen MR) is 34.8 cm³/mol. The molecule has 0 heterocycles. The Bertz CT molecular complexity index is 129. The van der Waals surface area contributed by atoms with E-state index in [-0.39, 0.29) is 11.5 Å². The van der Waals surface area contributed by atoms with Crippen molar-refractivity contribution < 1.29 is 10.0 Å². The summed E-state index contributed by atoms with van der Waals surface area (Å²) in [4.78, 5) is 10.7. The number of carbonyl (C=O) groups excluding carboxylic acids is 1. The summed E-state index contributed by atoms with van der Waals surface area (Å²) in [5, 5.41) is 10.9. The van der Waals surface area contributed by atoms with Crippen molar-refractivity contribution in [1.29, 1.82) is 0 Å². The highest BCUT2D eigenvalue weighted by atomic mass is 16.4. The molecule has 0 saturated carbocycles. The summed E-state index contributed by atoms with van der Waals surface area (Å²) in [6.45, 7) is 3.40. The molecule has 1 N–H and O–H groups in total. The van der Waals surface area contributed by atoms with Crippen LogP contribution in [0.2, 0.25) is 0 Å². The minimum absolute atomic E-state index is 0.0833. The maximum atomic E-state index is 10.7. The highest BCUT2D eigenvalue weighted by Gasteiger charge is 2.02. The van der Waals surface area contributed by atoms with Gasteiger partial charge in [0.1, 0.15) is 5.71 Å². The standard InChI is InChI=1S/C6H11NO2/c1-3-4-6(8)5(2)7-9/h9H,3-4H2,1-2H3. The normalized spacial score (nSPS) is 11.6. The molecule has 0 aliphatic carbocycles. The molecule has 0 aliphatic heterocycles. The van der Waals surface area contributed by atoms with Crippen LogP contribution >= 0.6 is 0 Å². The van der Waals surface area contributed by atoms with Gasteiger partial charge in [-0.2, -0.15) is 0 Å². The summed E-state index contributed by atoms with van der Waals surface area (Å²) in [6, 6.07) is 0. The number of nitrogens with zero attached hydrogens (tertiary/aromatic N) is 1. The minimum Gasteiger partial charge on any atom is -0.411 e. The van der Waals surface area contributed by atoms with Crippen molar-refractivity contribution in [3.63, 3.8) is 0 Å². The molecule has 0 aromatic rings. The van der Waals surface area contributed by atoms with Crippen molar-refractivity contribution in [1.82, 2.24) is 0 Å². The lowest BCUT2D eigenvalue weighted by molar-refractivity contribution is -0.113. The lowest BCUT2D eigenvalue weighted by Gasteiger charge is -1.91. The summed E-state index contributed by atoms with van der Waals surface area (Å²) >= 11 is 0. The summed E-state index contributed by atoms with van der Waals surface area (Å²) in [5.74, 6) is -0.0833. The highest BCUT2D eigenvalue weighted by molar-refractivity contribution is 6.38. The molecule has 0 radical (unpaired) electrons. The van der Waals surface area contributed by atoms with Crippen LogP contribution in [0.4, 0.5) is 0 Å². The van der Waals surface area contributed by atoms with Gasteiger partial charge in [-0.15, -0.1) is 0 Å². The van der Waals surface area contributed by atoms with Gasteiger partial charge < -0.3 is 5.21 Å². The van der Waals surface area contributed by atoms with Gasteiger partial charge >= 0.3 is 0 Å². The summed E-state index contributed by atoms with van der Waals surface area (Å²) in [5.41, 5.74) is 0.192. The van der Waals surface area contributed by atoms with E-state index in [4.69, 9.17) is 5.21 Å². The third-order valence-electron chi connectivity index (χ3n) is 1.03. The molecule has 3 heteroatoms. The molecule has 9 heavy (non-hydrogen) atoms. The smallest absolute Gasteiger partial charge is 0.180 e. The fraction of sp³-hybridized carbons (Fsp3) is 0.667. The van der Waals surface area contributed by atoms with E-state index in [2.05, 4.69) is 5.16 Å². The van der Waals surface area contributed by atoms with Crippen LogP contribution in [-0.4, -0.2) is 16.7 Å². The van der Waals surface area contributed by atoms with E-state index in [1.807, 2.05) is 6.92 Å². The molecule has 0 aromatic carbocycles. The molecule has 0 fully saturated rings. The Balaban J connectivity index is 3.74. The Morgan fingerprint density at radius 1 is 1.67 bits per heavy atom. The molecular formula is C6H11NO2. The summed E-state index contributed by atoms with van der Waals surface area (Å²) < 4.78 is 0. The SMILES string of the molecule is CCCC(=O)C(C)=NO. The largest absolute Gasteiger partial charge is 0.411 e. The van der Waals surface area contributed by atoms with Crippen LogP contribution in [-0.2, 0) is 4.79 Å². The zero-order chi connectivity index (χ0) is 7.28. The maximum absolute atomic E-state index is 10.7. The number of hydrogen-bond donors (Lipinski definition) is 1. The molecule has 0 aromatic heterocycles. The van der Waals surface area contributed by atoms with Crippen molar-refractivity contribution in [3.05, 3.63) is 0 Å². The van der Waals surface area contributed by atoms with Crippen molar-refractivity contribution in [2.45, 2.75) is 26.7 Å². The van der Waals surface area contributed by atoms with E-state index >= 15 is 0 Å². The van der Waals surface area contributed by atoms with E-state index in [1.54, 1.807) is 0 Å². The Kier molecular flexibility index (Phi) is 3.67. The Morgan fingerprint density at radius 2 is 2.22 bits per heavy atom. The predicted octanol–water partition coefficient (Wildman–Crippen LogP) is 1.21. The number of carbonyl (C=O) groups is 1. The number of ketones is 1. The molecular weight excluding hydrogens is 118 g/mol. The second-order valence-electron chi connectivity index (χ2n) is 1.86. The van der Waals surface area contributed by atoms with Gasteiger partial charge in [0, 0.05) is 6.42 Å². The fourth-order valence-corrected chi connectivity index (χ4v) is 0.464. The van der Waals surface area contributed by atoms with Gasteiger partial charge in [-0.3, -0.25) is 4.79 Å². The van der Waals surface area contributed by atoms with Crippen LogP contribution in [0.3, 0.4) is 0 Å². The van der Waals surface area contributed by atoms with Gasteiger partial charge in [-0.25, -0.2) is 0 Å². The van der Waals surface area contributed by atoms with Crippen LogP contribution in [0.5, 0.6) is 0 Å². The van der Waals surface area contributed by atoms with Crippen molar-refractivity contribution in [3.8, 4) is 0 Å². The maximum Gasteiger partial charge on any atom is 0.180 e. The first-order chi connectivity index (χ1) is 4.22. The first-order valence-electron chi connectivity index (χ1n) is 2.94. The average molecular weight is 129 g/mol. The average Bonchev–Trinajstić information content (AvgIpc) is 1.87. The Hall–Kier alpha value is -0.860. The molecule has 3 nitrogen and oxygen atoms in total. The topological polar surface area (TPSA) is 49.7 Å². The van der Waals surface area contributed by atoms with Gasteiger partial charge in [-0.05, 0) is 13.3 Å². The molecule has 0 unspecified atom stereocenters. The number of Topliss-reactive ketones (excluding diaryl/α,β-unsaturated/α-hetero) is 1. The van der Waals surface area contributed by atoms with Gasteiger partial charge in [0.25, 0.3) is 0 Å². The Morgan fingerprint density at radius 3 is 2.56 bits per heavy atom. The van der Waals surface area contributed by atoms with E-state index in [9.17, 15) is 4.79 Å². The molecule has 52 valence electrons. The van der Waals surface area contributed by atoms with Crippen molar-refractivity contribution >= 4 is 11.5 Å². The van der Waals surface area contributed by atoms with Gasteiger partial charge in [-0.1, -0.05) is 12.1 Å². The van der Waals surface area contributed by atoms with Crippen molar-refractivity contribution in [2.75, 3.05) is 0 Å². The quantitative estimate of drug-likeness (QED) is 0.353. The van der Waals surface area contributed by atoms with E-state index in [0.29, 0.717) is 6.42 Å². The number of oxime groups is 1. The second kappa shape index (κ2) is 4.06. The highest BCUT2D eigenvalue weighted by Crippen LogP contribution is 1.90. The molecule has 0 amide bonds. The number of hydrogen-bond acceptors (Lipinski definition) is 3. The first-order valence-corrected chi connectivity index (χ1v) is 2.94.